The summed E-state index contributed by atoms with van der Waals surface area (Å²) in [7, 11) is -1.64. The van der Waals surface area contributed by atoms with Crippen LogP contribution in [0.1, 0.15) is 26.3 Å². The van der Waals surface area contributed by atoms with Crippen LogP contribution in [0.15, 0.2) is 48.5 Å². The van der Waals surface area contributed by atoms with Gasteiger partial charge in [-0.15, -0.1) is 0 Å². The molecule has 0 saturated carbocycles. The smallest absolute Gasteiger partial charge is 0.127 e. The molecule has 0 aromatic heterocycles. The lowest BCUT2D eigenvalue weighted by Crippen LogP contribution is -2.49. The molecule has 2 rings (SSSR count). The van der Waals surface area contributed by atoms with E-state index < -0.39 is 8.07 Å². The second-order valence-corrected chi connectivity index (χ2v) is 12.6. The number of hydrogen-bond donors (Lipinski definition) is 0. The fourth-order valence-corrected chi connectivity index (χ4v) is 4.39. The van der Waals surface area contributed by atoms with Crippen LogP contribution in [0.25, 0.3) is 0 Å². The zero-order valence-corrected chi connectivity index (χ0v) is 15.0. The second-order valence-electron chi connectivity index (χ2n) is 7.29. The lowest BCUT2D eigenvalue weighted by molar-refractivity contribution is 0.485. The SMILES string of the molecule is Cc1ccc(Oc2ccccc2)c([Si](C)(C)C(C)(C)C)c1. The molecule has 0 bridgehead atoms. The summed E-state index contributed by atoms with van der Waals surface area (Å²) in [5.74, 6) is 1.92. The molecule has 0 saturated heterocycles. The summed E-state index contributed by atoms with van der Waals surface area (Å²) >= 11 is 0. The lowest BCUT2D eigenvalue weighted by atomic mass is 10.2. The van der Waals surface area contributed by atoms with Crippen LogP contribution in [0.4, 0.5) is 0 Å². The van der Waals surface area contributed by atoms with Crippen LogP contribution < -0.4 is 9.92 Å². The van der Waals surface area contributed by atoms with Gasteiger partial charge in [0.05, 0.1) is 8.07 Å². The predicted molar refractivity (Wildman–Crippen MR) is 94.5 cm³/mol. The van der Waals surface area contributed by atoms with Crippen molar-refractivity contribution in [3.05, 3.63) is 54.1 Å². The molecule has 0 N–H and O–H groups in total. The number of ether oxygens (including phenoxy) is 1. The summed E-state index contributed by atoms with van der Waals surface area (Å²) in [6.45, 7) is 14.0. The average Bonchev–Trinajstić information content (AvgIpc) is 2.40. The predicted octanol–water partition coefficient (Wildman–Crippen LogP) is 5.50. The molecule has 0 atom stereocenters. The maximum atomic E-state index is 6.18. The van der Waals surface area contributed by atoms with Crippen molar-refractivity contribution < 1.29 is 4.74 Å². The first kappa shape index (κ1) is 15.8. The Bertz CT molecular complexity index is 609. The van der Waals surface area contributed by atoms with E-state index in [-0.39, 0.29) is 5.04 Å². The lowest BCUT2D eigenvalue weighted by Gasteiger charge is -2.38. The molecule has 0 spiro atoms. The van der Waals surface area contributed by atoms with Crippen molar-refractivity contribution in [2.24, 2.45) is 0 Å². The van der Waals surface area contributed by atoms with Crippen LogP contribution in [-0.2, 0) is 0 Å². The third kappa shape index (κ3) is 3.38. The van der Waals surface area contributed by atoms with Crippen LogP contribution in [0, 0.1) is 6.92 Å². The first-order valence-electron chi connectivity index (χ1n) is 7.56. The standard InChI is InChI=1S/C19H26OSi/c1-15-12-13-17(20-16-10-8-7-9-11-16)18(14-15)21(5,6)19(2,3)4/h7-14H,1-6H3. The van der Waals surface area contributed by atoms with Gasteiger partial charge in [0.25, 0.3) is 0 Å². The Kier molecular flexibility index (Phi) is 4.29. The fourth-order valence-electron chi connectivity index (χ4n) is 2.24. The molecule has 0 amide bonds. The zero-order valence-electron chi connectivity index (χ0n) is 14.0. The molecule has 0 fully saturated rings. The molecule has 2 aromatic rings. The minimum absolute atomic E-state index is 0.287. The largest absolute Gasteiger partial charge is 0.458 e. The van der Waals surface area contributed by atoms with Gasteiger partial charge in [-0.2, -0.15) is 0 Å². The Balaban J connectivity index is 2.48. The molecular formula is C19H26OSi. The molecule has 112 valence electrons. The molecule has 0 radical (unpaired) electrons. The van der Waals surface area contributed by atoms with E-state index in [1.54, 1.807) is 0 Å². The number of hydrogen-bond acceptors (Lipinski definition) is 1. The van der Waals surface area contributed by atoms with E-state index >= 15 is 0 Å². The quantitative estimate of drug-likeness (QED) is 0.680. The molecule has 0 aliphatic rings. The first-order chi connectivity index (χ1) is 9.72. The summed E-state index contributed by atoms with van der Waals surface area (Å²) < 4.78 is 6.18. The van der Waals surface area contributed by atoms with Crippen molar-refractivity contribution in [3.63, 3.8) is 0 Å². The van der Waals surface area contributed by atoms with Crippen molar-refractivity contribution >= 4 is 13.3 Å². The molecule has 0 unspecified atom stereocenters. The van der Waals surface area contributed by atoms with Gasteiger partial charge in [-0.25, -0.2) is 0 Å². The minimum Gasteiger partial charge on any atom is -0.458 e. The van der Waals surface area contributed by atoms with Crippen molar-refractivity contribution in [2.45, 2.75) is 45.8 Å². The number of aryl methyl sites for hydroxylation is 1. The third-order valence-electron chi connectivity index (χ3n) is 4.65. The van der Waals surface area contributed by atoms with Gasteiger partial charge >= 0.3 is 0 Å². The van der Waals surface area contributed by atoms with E-state index in [1.165, 1.54) is 10.8 Å². The molecule has 21 heavy (non-hydrogen) atoms. The van der Waals surface area contributed by atoms with Crippen LogP contribution >= 0.6 is 0 Å². The van der Waals surface area contributed by atoms with Crippen molar-refractivity contribution in [3.8, 4) is 11.5 Å². The summed E-state index contributed by atoms with van der Waals surface area (Å²) in [5, 5.41) is 1.69. The van der Waals surface area contributed by atoms with Gasteiger partial charge in [0, 0.05) is 0 Å². The van der Waals surface area contributed by atoms with Gasteiger partial charge in [0.2, 0.25) is 0 Å². The van der Waals surface area contributed by atoms with E-state index in [0.29, 0.717) is 0 Å². The van der Waals surface area contributed by atoms with Crippen molar-refractivity contribution in [2.75, 3.05) is 0 Å². The van der Waals surface area contributed by atoms with E-state index in [2.05, 4.69) is 59.0 Å². The van der Waals surface area contributed by atoms with E-state index in [4.69, 9.17) is 4.74 Å². The van der Waals surface area contributed by atoms with Crippen LogP contribution in [0.2, 0.25) is 18.1 Å². The fraction of sp³-hybridized carbons (Fsp3) is 0.368. The summed E-state index contributed by atoms with van der Waals surface area (Å²) in [6.07, 6.45) is 0. The van der Waals surface area contributed by atoms with Crippen LogP contribution in [0.5, 0.6) is 11.5 Å². The molecule has 2 heteroatoms. The Morgan fingerprint density at radius 1 is 0.905 bits per heavy atom. The van der Waals surface area contributed by atoms with Gasteiger partial charge in [0.1, 0.15) is 11.5 Å². The zero-order chi connectivity index (χ0) is 15.7. The van der Waals surface area contributed by atoms with Crippen molar-refractivity contribution in [1.29, 1.82) is 0 Å². The topological polar surface area (TPSA) is 9.23 Å². The summed E-state index contributed by atoms with van der Waals surface area (Å²) in [4.78, 5) is 0. The van der Waals surface area contributed by atoms with Gasteiger partial charge in [-0.1, -0.05) is 69.8 Å². The Morgan fingerprint density at radius 2 is 1.52 bits per heavy atom. The second kappa shape index (κ2) is 5.68. The molecule has 0 aliphatic heterocycles. The average molecular weight is 299 g/mol. The Hall–Kier alpha value is -1.54. The minimum atomic E-state index is -1.64. The Morgan fingerprint density at radius 3 is 2.10 bits per heavy atom. The van der Waals surface area contributed by atoms with E-state index in [9.17, 15) is 0 Å². The normalized spacial score (nSPS) is 12.3. The maximum absolute atomic E-state index is 6.18. The van der Waals surface area contributed by atoms with E-state index in [1.807, 2.05) is 30.3 Å². The molecular weight excluding hydrogens is 272 g/mol. The highest BCUT2D eigenvalue weighted by Crippen LogP contribution is 2.38. The first-order valence-corrected chi connectivity index (χ1v) is 10.6. The highest BCUT2D eigenvalue weighted by Gasteiger charge is 2.39. The highest BCUT2D eigenvalue weighted by molar-refractivity contribution is 6.92. The number of rotatable bonds is 3. The third-order valence-corrected chi connectivity index (χ3v) is 10.1. The number of benzene rings is 2. The highest BCUT2D eigenvalue weighted by atomic mass is 28.3. The van der Waals surface area contributed by atoms with E-state index in [0.717, 1.165) is 11.5 Å². The van der Waals surface area contributed by atoms with Gasteiger partial charge in [-0.05, 0) is 35.3 Å². The molecule has 1 nitrogen and oxygen atoms in total. The van der Waals surface area contributed by atoms with Crippen LogP contribution in [-0.4, -0.2) is 8.07 Å². The summed E-state index contributed by atoms with van der Waals surface area (Å²) in [6, 6.07) is 16.6. The Labute approximate surface area is 130 Å². The molecule has 2 aromatic carbocycles. The molecule has 0 heterocycles. The van der Waals surface area contributed by atoms with Gasteiger partial charge < -0.3 is 4.74 Å². The van der Waals surface area contributed by atoms with Gasteiger partial charge in [-0.3, -0.25) is 0 Å². The summed E-state index contributed by atoms with van der Waals surface area (Å²) in [5.41, 5.74) is 1.30. The monoisotopic (exact) mass is 298 g/mol. The van der Waals surface area contributed by atoms with Crippen LogP contribution in [0.3, 0.4) is 0 Å². The molecule has 0 aliphatic carbocycles. The van der Waals surface area contributed by atoms with Crippen molar-refractivity contribution in [1.82, 2.24) is 0 Å². The van der Waals surface area contributed by atoms with Gasteiger partial charge in [0.15, 0.2) is 0 Å². The number of para-hydroxylation sites is 1. The maximum Gasteiger partial charge on any atom is 0.127 e.